The van der Waals surface area contributed by atoms with Gasteiger partial charge in [0.2, 0.25) is 0 Å². The standard InChI is InChI=1S/C21H22N4O/c1-3-4-10-25-12-17-18(21(25)26)19(22)16-7-5-6-15(20(16)24-17)14-9-8-13(2)23-11-14/h5-9,11H,3-4,10,12H2,1-2H3,(H2,22,24). The molecule has 3 heterocycles. The van der Waals surface area contributed by atoms with Gasteiger partial charge in [0.15, 0.2) is 0 Å². The summed E-state index contributed by atoms with van der Waals surface area (Å²) in [4.78, 5) is 23.9. The van der Waals surface area contributed by atoms with Crippen LogP contribution in [0.3, 0.4) is 0 Å². The first-order valence-corrected chi connectivity index (χ1v) is 9.03. The predicted octanol–water partition coefficient (Wildman–Crippen LogP) is 3.94. The monoisotopic (exact) mass is 346 g/mol. The molecule has 1 aliphatic heterocycles. The quantitative estimate of drug-likeness (QED) is 0.776. The Kier molecular flexibility index (Phi) is 4.07. The molecule has 0 radical (unpaired) electrons. The molecule has 0 saturated carbocycles. The van der Waals surface area contributed by atoms with Gasteiger partial charge in [-0.05, 0) is 19.4 Å². The zero-order valence-corrected chi connectivity index (χ0v) is 15.1. The molecule has 0 bridgehead atoms. The fraction of sp³-hybridized carbons (Fsp3) is 0.286. The maximum absolute atomic E-state index is 12.8. The molecule has 26 heavy (non-hydrogen) atoms. The summed E-state index contributed by atoms with van der Waals surface area (Å²) < 4.78 is 0. The smallest absolute Gasteiger partial charge is 0.258 e. The van der Waals surface area contributed by atoms with E-state index in [4.69, 9.17) is 10.7 Å². The van der Waals surface area contributed by atoms with E-state index in [1.165, 1.54) is 0 Å². The molecule has 1 aliphatic rings. The summed E-state index contributed by atoms with van der Waals surface area (Å²) in [7, 11) is 0. The number of rotatable bonds is 4. The largest absolute Gasteiger partial charge is 0.397 e. The Morgan fingerprint density at radius 3 is 2.81 bits per heavy atom. The lowest BCUT2D eigenvalue weighted by Crippen LogP contribution is -2.25. The van der Waals surface area contributed by atoms with Crippen LogP contribution in [0.15, 0.2) is 36.5 Å². The minimum Gasteiger partial charge on any atom is -0.397 e. The molecule has 0 aliphatic carbocycles. The molecule has 2 N–H and O–H groups in total. The number of hydrogen-bond acceptors (Lipinski definition) is 4. The highest BCUT2D eigenvalue weighted by Crippen LogP contribution is 2.36. The second-order valence-corrected chi connectivity index (χ2v) is 6.82. The molecule has 0 saturated heterocycles. The number of benzene rings is 1. The van der Waals surface area contributed by atoms with Crippen LogP contribution in [-0.2, 0) is 6.54 Å². The van der Waals surface area contributed by atoms with E-state index >= 15 is 0 Å². The Bertz CT molecular complexity index is 995. The van der Waals surface area contributed by atoms with Crippen LogP contribution in [0.2, 0.25) is 0 Å². The van der Waals surface area contributed by atoms with Crippen molar-refractivity contribution >= 4 is 22.5 Å². The lowest BCUT2D eigenvalue weighted by molar-refractivity contribution is 0.0777. The van der Waals surface area contributed by atoms with E-state index in [1.54, 1.807) is 0 Å². The molecule has 0 fully saturated rings. The number of fused-ring (bicyclic) bond motifs is 2. The highest BCUT2D eigenvalue weighted by Gasteiger charge is 2.31. The molecular weight excluding hydrogens is 324 g/mol. The first kappa shape index (κ1) is 16.5. The number of amides is 1. The molecule has 5 heteroatoms. The lowest BCUT2D eigenvalue weighted by atomic mass is 10.00. The number of carbonyl (C=O) groups excluding carboxylic acids is 1. The van der Waals surface area contributed by atoms with Gasteiger partial charge in [0.1, 0.15) is 0 Å². The number of anilines is 1. The van der Waals surface area contributed by atoms with Gasteiger partial charge in [-0.3, -0.25) is 9.78 Å². The first-order chi connectivity index (χ1) is 12.6. The first-order valence-electron chi connectivity index (χ1n) is 9.03. The number of para-hydroxylation sites is 1. The summed E-state index contributed by atoms with van der Waals surface area (Å²) in [6.07, 6.45) is 3.89. The van der Waals surface area contributed by atoms with E-state index in [0.29, 0.717) is 17.8 Å². The van der Waals surface area contributed by atoms with Crippen molar-refractivity contribution in [1.82, 2.24) is 14.9 Å². The average molecular weight is 346 g/mol. The molecular formula is C21H22N4O. The van der Waals surface area contributed by atoms with Crippen LogP contribution in [0.1, 0.15) is 41.5 Å². The van der Waals surface area contributed by atoms with Crippen LogP contribution < -0.4 is 5.73 Å². The third-order valence-electron chi connectivity index (χ3n) is 4.98. The molecule has 1 aromatic carbocycles. The average Bonchev–Trinajstić information content (AvgIpc) is 2.96. The van der Waals surface area contributed by atoms with Crippen molar-refractivity contribution in [2.75, 3.05) is 12.3 Å². The van der Waals surface area contributed by atoms with Crippen molar-refractivity contribution in [3.05, 3.63) is 53.5 Å². The number of unbranched alkanes of at least 4 members (excludes halogenated alkanes) is 1. The van der Waals surface area contributed by atoms with Crippen molar-refractivity contribution in [2.45, 2.75) is 33.2 Å². The normalized spacial score (nSPS) is 13.5. The number of hydrogen-bond donors (Lipinski definition) is 1. The predicted molar refractivity (Wildman–Crippen MR) is 104 cm³/mol. The van der Waals surface area contributed by atoms with Crippen molar-refractivity contribution in [3.8, 4) is 11.1 Å². The molecule has 0 spiro atoms. The Morgan fingerprint density at radius 1 is 1.23 bits per heavy atom. The third-order valence-corrected chi connectivity index (χ3v) is 4.98. The van der Waals surface area contributed by atoms with Crippen LogP contribution in [-0.4, -0.2) is 27.3 Å². The van der Waals surface area contributed by atoms with Gasteiger partial charge in [0.05, 0.1) is 29.0 Å². The van der Waals surface area contributed by atoms with E-state index in [9.17, 15) is 4.79 Å². The van der Waals surface area contributed by atoms with Crippen LogP contribution in [0.4, 0.5) is 5.69 Å². The maximum atomic E-state index is 12.8. The topological polar surface area (TPSA) is 72.1 Å². The van der Waals surface area contributed by atoms with Crippen molar-refractivity contribution in [1.29, 1.82) is 0 Å². The fourth-order valence-electron chi connectivity index (χ4n) is 3.52. The summed E-state index contributed by atoms with van der Waals surface area (Å²) >= 11 is 0. The highest BCUT2D eigenvalue weighted by molar-refractivity contribution is 6.11. The Balaban J connectivity index is 1.86. The van der Waals surface area contributed by atoms with Gasteiger partial charge in [-0.1, -0.05) is 37.6 Å². The summed E-state index contributed by atoms with van der Waals surface area (Å²) in [6.45, 7) is 5.37. The van der Waals surface area contributed by atoms with E-state index in [-0.39, 0.29) is 5.91 Å². The molecule has 0 unspecified atom stereocenters. The lowest BCUT2D eigenvalue weighted by Gasteiger charge is -2.14. The van der Waals surface area contributed by atoms with Gasteiger partial charge in [-0.15, -0.1) is 0 Å². The van der Waals surface area contributed by atoms with E-state index < -0.39 is 0 Å². The van der Waals surface area contributed by atoms with Gasteiger partial charge < -0.3 is 10.6 Å². The number of pyridine rings is 2. The molecule has 4 rings (SSSR count). The van der Waals surface area contributed by atoms with E-state index in [0.717, 1.165) is 52.8 Å². The van der Waals surface area contributed by atoms with Crippen molar-refractivity contribution in [3.63, 3.8) is 0 Å². The molecule has 132 valence electrons. The molecule has 5 nitrogen and oxygen atoms in total. The summed E-state index contributed by atoms with van der Waals surface area (Å²) in [5, 5.41) is 0.826. The van der Waals surface area contributed by atoms with Crippen LogP contribution in [0.25, 0.3) is 22.0 Å². The van der Waals surface area contributed by atoms with Gasteiger partial charge in [0.25, 0.3) is 5.91 Å². The summed E-state index contributed by atoms with van der Waals surface area (Å²) in [5.74, 6) is 0.00255. The maximum Gasteiger partial charge on any atom is 0.258 e. The number of carbonyl (C=O) groups is 1. The molecule has 2 aromatic heterocycles. The second-order valence-electron chi connectivity index (χ2n) is 6.82. The fourth-order valence-corrected chi connectivity index (χ4v) is 3.52. The molecule has 3 aromatic rings. The van der Waals surface area contributed by atoms with Gasteiger partial charge in [-0.2, -0.15) is 0 Å². The Labute approximate surface area is 152 Å². The minimum absolute atomic E-state index is 0.00255. The van der Waals surface area contributed by atoms with Crippen LogP contribution >= 0.6 is 0 Å². The number of nitrogens with two attached hydrogens (primary N) is 1. The van der Waals surface area contributed by atoms with Gasteiger partial charge >= 0.3 is 0 Å². The van der Waals surface area contributed by atoms with Gasteiger partial charge in [-0.25, -0.2) is 4.98 Å². The third kappa shape index (κ3) is 2.60. The molecule has 1 amide bonds. The van der Waals surface area contributed by atoms with Crippen molar-refractivity contribution < 1.29 is 4.79 Å². The SMILES string of the molecule is CCCCN1Cc2nc3c(-c4ccc(C)nc4)cccc3c(N)c2C1=O. The highest BCUT2D eigenvalue weighted by atomic mass is 16.2. The zero-order chi connectivity index (χ0) is 18.3. The number of nitrogens with zero attached hydrogens (tertiary/aromatic N) is 3. The van der Waals surface area contributed by atoms with Crippen LogP contribution in [0, 0.1) is 6.92 Å². The van der Waals surface area contributed by atoms with Gasteiger partial charge in [0, 0.05) is 34.9 Å². The summed E-state index contributed by atoms with van der Waals surface area (Å²) in [6, 6.07) is 9.95. The Hall–Kier alpha value is -2.95. The number of aromatic nitrogens is 2. The molecule has 0 atom stereocenters. The minimum atomic E-state index is 0.00255. The van der Waals surface area contributed by atoms with E-state index in [1.807, 2.05) is 48.4 Å². The summed E-state index contributed by atoms with van der Waals surface area (Å²) in [5.41, 5.74) is 12.1. The van der Waals surface area contributed by atoms with Crippen molar-refractivity contribution in [2.24, 2.45) is 0 Å². The number of nitrogen functional groups attached to an aromatic ring is 1. The van der Waals surface area contributed by atoms with E-state index in [2.05, 4.69) is 11.9 Å². The zero-order valence-electron chi connectivity index (χ0n) is 15.1. The second kappa shape index (κ2) is 6.41. The van der Waals surface area contributed by atoms with Crippen LogP contribution in [0.5, 0.6) is 0 Å². The Morgan fingerprint density at radius 2 is 2.08 bits per heavy atom. The number of aryl methyl sites for hydroxylation is 1.